The lowest BCUT2D eigenvalue weighted by molar-refractivity contribution is 0.0980. The summed E-state index contributed by atoms with van der Waals surface area (Å²) in [5, 5.41) is 10.5. The highest BCUT2D eigenvalue weighted by Crippen LogP contribution is 2.38. The smallest absolute Gasteiger partial charge is 0.258 e. The molecule has 1 amide bonds. The topological polar surface area (TPSA) is 40.5 Å². The molecule has 3 nitrogen and oxygen atoms in total. The van der Waals surface area contributed by atoms with Crippen molar-refractivity contribution < 1.29 is 14.3 Å². The van der Waals surface area contributed by atoms with Gasteiger partial charge in [0.05, 0.1) is 0 Å². The molecule has 5 rings (SSSR count). The molecule has 1 heterocycles. The van der Waals surface area contributed by atoms with Crippen LogP contribution in [0.15, 0.2) is 36.4 Å². The third-order valence-corrected chi connectivity index (χ3v) is 8.44. The number of benzene rings is 2. The van der Waals surface area contributed by atoms with E-state index in [9.17, 15) is 9.90 Å². The second-order valence-corrected chi connectivity index (χ2v) is 11.2. The predicted octanol–water partition coefficient (Wildman–Crippen LogP) is 6.30. The lowest BCUT2D eigenvalue weighted by atomic mass is 9.91. The number of hydrogen-bond donors (Lipinski definition) is 1. The van der Waals surface area contributed by atoms with Crippen LogP contribution in [0.3, 0.4) is 0 Å². The Bertz CT molecular complexity index is 1170. The summed E-state index contributed by atoms with van der Waals surface area (Å²) in [5.74, 6) is 7.86. The molecule has 35 heavy (non-hydrogen) atoms. The molecule has 2 saturated carbocycles. The normalized spacial score (nSPS) is 23.3. The third-order valence-electron chi connectivity index (χ3n) is 8.44. The Morgan fingerprint density at radius 3 is 2.66 bits per heavy atom. The van der Waals surface area contributed by atoms with Crippen LogP contribution < -0.4 is 4.90 Å². The molecule has 2 aromatic carbocycles. The van der Waals surface area contributed by atoms with E-state index in [1.54, 1.807) is 4.90 Å². The van der Waals surface area contributed by atoms with E-state index in [4.69, 9.17) is 0 Å². The maximum atomic E-state index is 15.1. The van der Waals surface area contributed by atoms with E-state index in [0.717, 1.165) is 54.7 Å². The Morgan fingerprint density at radius 2 is 1.94 bits per heavy atom. The van der Waals surface area contributed by atoms with Gasteiger partial charge in [0.2, 0.25) is 0 Å². The molecule has 0 bridgehead atoms. The monoisotopic (exact) mass is 473 g/mol. The van der Waals surface area contributed by atoms with Gasteiger partial charge in [-0.25, -0.2) is 4.39 Å². The van der Waals surface area contributed by atoms with Crippen LogP contribution in [0.4, 0.5) is 10.1 Å². The third kappa shape index (κ3) is 5.16. The SMILES string of the molecule is CC(C)[C@@H]1CCC(Cc2ccc(N3CCc4cc(C#CC5(O)CCCC5)ccc4C3=O)cc2F)C1. The fraction of sp³-hybridized carbons (Fsp3) is 0.516. The van der Waals surface area contributed by atoms with Gasteiger partial charge in [0.1, 0.15) is 11.4 Å². The number of nitrogens with zero attached hydrogens (tertiary/aromatic N) is 1. The number of amides is 1. The maximum absolute atomic E-state index is 15.1. The second-order valence-electron chi connectivity index (χ2n) is 11.2. The van der Waals surface area contributed by atoms with Crippen LogP contribution in [0.1, 0.15) is 85.8 Å². The van der Waals surface area contributed by atoms with Crippen molar-refractivity contribution in [1.82, 2.24) is 0 Å². The first kappa shape index (κ1) is 24.1. The summed E-state index contributed by atoms with van der Waals surface area (Å²) >= 11 is 0. The van der Waals surface area contributed by atoms with Crippen molar-refractivity contribution in [2.24, 2.45) is 17.8 Å². The highest BCUT2D eigenvalue weighted by atomic mass is 19.1. The Hall–Kier alpha value is -2.64. The predicted molar refractivity (Wildman–Crippen MR) is 138 cm³/mol. The number of rotatable bonds is 4. The van der Waals surface area contributed by atoms with Crippen LogP contribution in [0.2, 0.25) is 0 Å². The van der Waals surface area contributed by atoms with Crippen LogP contribution in [-0.2, 0) is 12.8 Å². The van der Waals surface area contributed by atoms with Crippen molar-refractivity contribution in [3.05, 3.63) is 64.5 Å². The maximum Gasteiger partial charge on any atom is 0.258 e. The molecule has 3 aliphatic rings. The molecule has 1 aliphatic heterocycles. The molecule has 0 aromatic heterocycles. The Labute approximate surface area is 208 Å². The summed E-state index contributed by atoms with van der Waals surface area (Å²) in [4.78, 5) is 14.9. The van der Waals surface area contributed by atoms with Gasteiger partial charge in [0, 0.05) is 23.4 Å². The van der Waals surface area contributed by atoms with Crippen molar-refractivity contribution in [1.29, 1.82) is 0 Å². The highest BCUT2D eigenvalue weighted by molar-refractivity contribution is 6.08. The number of carbonyl (C=O) groups excluding carboxylic acids is 1. The first-order valence-electron chi connectivity index (χ1n) is 13.3. The quantitative estimate of drug-likeness (QED) is 0.530. The van der Waals surface area contributed by atoms with Crippen molar-refractivity contribution >= 4 is 11.6 Å². The summed E-state index contributed by atoms with van der Waals surface area (Å²) in [6, 6.07) is 10.9. The second kappa shape index (κ2) is 9.78. The molecule has 1 N–H and O–H groups in total. The lowest BCUT2D eigenvalue weighted by Gasteiger charge is -2.29. The van der Waals surface area contributed by atoms with Gasteiger partial charge in [0.25, 0.3) is 5.91 Å². The van der Waals surface area contributed by atoms with Crippen molar-refractivity contribution in [2.75, 3.05) is 11.4 Å². The van der Waals surface area contributed by atoms with E-state index in [-0.39, 0.29) is 11.7 Å². The molecule has 0 spiro atoms. The lowest BCUT2D eigenvalue weighted by Crippen LogP contribution is -2.37. The van der Waals surface area contributed by atoms with Gasteiger partial charge in [-0.2, -0.15) is 0 Å². The average molecular weight is 474 g/mol. The number of carbonyl (C=O) groups is 1. The minimum absolute atomic E-state index is 0.0945. The van der Waals surface area contributed by atoms with E-state index in [0.29, 0.717) is 36.1 Å². The summed E-state index contributed by atoms with van der Waals surface area (Å²) < 4.78 is 15.1. The van der Waals surface area contributed by atoms with E-state index < -0.39 is 5.60 Å². The number of halogens is 1. The van der Waals surface area contributed by atoms with E-state index in [1.807, 2.05) is 30.3 Å². The molecule has 2 atom stereocenters. The average Bonchev–Trinajstić information content (AvgIpc) is 3.49. The molecule has 2 aliphatic carbocycles. The molecular weight excluding hydrogens is 437 g/mol. The van der Waals surface area contributed by atoms with Gasteiger partial charge in [-0.05, 0) is 117 Å². The first-order valence-corrected chi connectivity index (χ1v) is 13.3. The van der Waals surface area contributed by atoms with Crippen molar-refractivity contribution in [3.8, 4) is 11.8 Å². The molecule has 4 heteroatoms. The van der Waals surface area contributed by atoms with Gasteiger partial charge in [-0.1, -0.05) is 31.8 Å². The molecule has 184 valence electrons. The number of hydrogen-bond acceptors (Lipinski definition) is 2. The standard InChI is InChI=1S/C31H36FNO2/c1-21(2)24-7-5-23(18-24)19-26-8-9-27(20-29(26)32)33-16-12-25-17-22(6-10-28(25)30(33)34)11-15-31(35)13-3-4-14-31/h6,8-10,17,20-21,23-24,35H,3-5,7,12-14,16,18-19H2,1-2H3/t23?,24-/m1/s1. The Morgan fingerprint density at radius 1 is 1.14 bits per heavy atom. The fourth-order valence-electron chi connectivity index (χ4n) is 6.17. The van der Waals surface area contributed by atoms with Crippen LogP contribution in [-0.4, -0.2) is 23.2 Å². The zero-order valence-corrected chi connectivity index (χ0v) is 20.9. The molecule has 0 saturated heterocycles. The number of aliphatic hydroxyl groups is 1. The van der Waals surface area contributed by atoms with Gasteiger partial charge < -0.3 is 10.0 Å². The molecule has 2 fully saturated rings. The summed E-state index contributed by atoms with van der Waals surface area (Å²) in [7, 11) is 0. The van der Waals surface area contributed by atoms with Crippen LogP contribution >= 0.6 is 0 Å². The van der Waals surface area contributed by atoms with Gasteiger partial charge in [-0.15, -0.1) is 0 Å². The Kier molecular flexibility index (Phi) is 6.73. The summed E-state index contributed by atoms with van der Waals surface area (Å²) in [6.07, 6.45) is 8.58. The van der Waals surface area contributed by atoms with Gasteiger partial charge in [-0.3, -0.25) is 4.79 Å². The zero-order chi connectivity index (χ0) is 24.6. The van der Waals surface area contributed by atoms with E-state index in [2.05, 4.69) is 25.7 Å². The minimum atomic E-state index is -0.868. The molecule has 1 unspecified atom stereocenters. The summed E-state index contributed by atoms with van der Waals surface area (Å²) in [6.45, 7) is 5.08. The highest BCUT2D eigenvalue weighted by Gasteiger charge is 2.30. The summed E-state index contributed by atoms with van der Waals surface area (Å²) in [5.41, 5.74) is 2.96. The zero-order valence-electron chi connectivity index (χ0n) is 20.9. The van der Waals surface area contributed by atoms with Crippen molar-refractivity contribution in [2.45, 2.75) is 77.2 Å². The fourth-order valence-corrected chi connectivity index (χ4v) is 6.17. The Balaban J connectivity index is 1.28. The first-order chi connectivity index (χ1) is 16.8. The van der Waals surface area contributed by atoms with E-state index in [1.165, 1.54) is 25.3 Å². The van der Waals surface area contributed by atoms with Crippen molar-refractivity contribution in [3.63, 3.8) is 0 Å². The van der Waals surface area contributed by atoms with Crippen LogP contribution in [0.25, 0.3) is 0 Å². The molecule has 0 radical (unpaired) electrons. The van der Waals surface area contributed by atoms with E-state index >= 15 is 4.39 Å². The number of fused-ring (bicyclic) bond motifs is 1. The number of anilines is 1. The van der Waals surface area contributed by atoms with Gasteiger partial charge >= 0.3 is 0 Å². The molecule has 2 aromatic rings. The van der Waals surface area contributed by atoms with Crippen LogP contribution in [0, 0.1) is 35.4 Å². The molecular formula is C31H36FNO2. The van der Waals surface area contributed by atoms with Crippen LogP contribution in [0.5, 0.6) is 0 Å². The largest absolute Gasteiger partial charge is 0.378 e. The minimum Gasteiger partial charge on any atom is -0.378 e. The van der Waals surface area contributed by atoms with Gasteiger partial charge in [0.15, 0.2) is 0 Å².